The van der Waals surface area contributed by atoms with Crippen molar-refractivity contribution in [1.82, 2.24) is 0 Å². The molecule has 0 aromatic rings. The monoisotopic (exact) mass is 158 g/mol. The molecular weight excluding hydrogens is 140 g/mol. The van der Waals surface area contributed by atoms with Crippen LogP contribution in [0.25, 0.3) is 0 Å². The van der Waals surface area contributed by atoms with E-state index in [1.54, 1.807) is 7.11 Å². The van der Waals surface area contributed by atoms with E-state index in [2.05, 4.69) is 13.8 Å². The Kier molecular flexibility index (Phi) is 3.34. The molecule has 66 valence electrons. The highest BCUT2D eigenvalue weighted by atomic mass is 16.5. The lowest BCUT2D eigenvalue weighted by molar-refractivity contribution is -0.0427. The predicted molar refractivity (Wildman–Crippen MR) is 44.5 cm³/mol. The molecule has 1 rings (SSSR count). The van der Waals surface area contributed by atoms with E-state index >= 15 is 0 Å². The van der Waals surface area contributed by atoms with Gasteiger partial charge in [0.05, 0.1) is 13.2 Å². The highest BCUT2D eigenvalue weighted by molar-refractivity contribution is 4.74. The second-order valence-corrected chi connectivity index (χ2v) is 3.59. The van der Waals surface area contributed by atoms with Crippen molar-refractivity contribution in [2.75, 3.05) is 26.9 Å². The lowest BCUT2D eigenvalue weighted by atomic mass is 9.83. The summed E-state index contributed by atoms with van der Waals surface area (Å²) in [6.45, 7) is 7.16. The lowest BCUT2D eigenvalue weighted by Gasteiger charge is -2.33. The molecule has 2 nitrogen and oxygen atoms in total. The van der Waals surface area contributed by atoms with Crippen LogP contribution in [0.1, 0.15) is 13.8 Å². The SMILES string of the molecule is COC[C@H]1COC[C@H](C)[C@@H]1C. The fourth-order valence-electron chi connectivity index (χ4n) is 1.59. The van der Waals surface area contributed by atoms with E-state index in [9.17, 15) is 0 Å². The number of hydrogen-bond donors (Lipinski definition) is 0. The maximum atomic E-state index is 5.44. The van der Waals surface area contributed by atoms with Crippen LogP contribution < -0.4 is 0 Å². The Balaban J connectivity index is 2.38. The molecule has 1 saturated heterocycles. The Hall–Kier alpha value is -0.0800. The summed E-state index contributed by atoms with van der Waals surface area (Å²) >= 11 is 0. The molecule has 0 amide bonds. The normalized spacial score (nSPS) is 39.0. The molecule has 0 spiro atoms. The molecule has 1 aliphatic heterocycles. The molecule has 0 saturated carbocycles. The first-order valence-electron chi connectivity index (χ1n) is 4.32. The van der Waals surface area contributed by atoms with Crippen LogP contribution in [-0.4, -0.2) is 26.9 Å². The molecule has 2 heteroatoms. The first-order valence-corrected chi connectivity index (χ1v) is 4.32. The molecule has 0 N–H and O–H groups in total. The molecular formula is C9H18O2. The second-order valence-electron chi connectivity index (χ2n) is 3.59. The summed E-state index contributed by atoms with van der Waals surface area (Å²) in [6, 6.07) is 0. The zero-order valence-electron chi connectivity index (χ0n) is 7.67. The largest absolute Gasteiger partial charge is 0.384 e. The topological polar surface area (TPSA) is 18.5 Å². The van der Waals surface area contributed by atoms with Gasteiger partial charge < -0.3 is 9.47 Å². The van der Waals surface area contributed by atoms with Crippen molar-refractivity contribution >= 4 is 0 Å². The summed E-state index contributed by atoms with van der Waals surface area (Å²) in [6.07, 6.45) is 0. The molecule has 0 aromatic heterocycles. The molecule has 1 fully saturated rings. The minimum Gasteiger partial charge on any atom is -0.384 e. The van der Waals surface area contributed by atoms with E-state index in [1.165, 1.54) is 0 Å². The molecule has 0 aromatic carbocycles. The maximum Gasteiger partial charge on any atom is 0.0519 e. The molecule has 0 unspecified atom stereocenters. The molecule has 1 aliphatic rings. The Morgan fingerprint density at radius 3 is 2.73 bits per heavy atom. The molecule has 1 heterocycles. The Morgan fingerprint density at radius 1 is 1.36 bits per heavy atom. The van der Waals surface area contributed by atoms with Crippen molar-refractivity contribution in [3.8, 4) is 0 Å². The third kappa shape index (κ3) is 2.17. The highest BCUT2D eigenvalue weighted by Gasteiger charge is 2.27. The van der Waals surface area contributed by atoms with Crippen molar-refractivity contribution < 1.29 is 9.47 Å². The van der Waals surface area contributed by atoms with Crippen LogP contribution in [-0.2, 0) is 9.47 Å². The van der Waals surface area contributed by atoms with Crippen molar-refractivity contribution in [1.29, 1.82) is 0 Å². The number of rotatable bonds is 2. The number of hydrogen-bond acceptors (Lipinski definition) is 2. The van der Waals surface area contributed by atoms with Gasteiger partial charge in [-0.25, -0.2) is 0 Å². The summed E-state index contributed by atoms with van der Waals surface area (Å²) in [5.41, 5.74) is 0. The maximum absolute atomic E-state index is 5.44. The minimum atomic E-state index is 0.601. The van der Waals surface area contributed by atoms with Crippen LogP contribution in [0.15, 0.2) is 0 Å². The Bertz CT molecular complexity index is 112. The highest BCUT2D eigenvalue weighted by Crippen LogP contribution is 2.26. The van der Waals surface area contributed by atoms with Gasteiger partial charge >= 0.3 is 0 Å². The van der Waals surface area contributed by atoms with Crippen molar-refractivity contribution in [3.05, 3.63) is 0 Å². The van der Waals surface area contributed by atoms with Gasteiger partial charge in [0.1, 0.15) is 0 Å². The van der Waals surface area contributed by atoms with Crippen molar-refractivity contribution in [2.24, 2.45) is 17.8 Å². The van der Waals surface area contributed by atoms with Gasteiger partial charge in [0.2, 0.25) is 0 Å². The van der Waals surface area contributed by atoms with Crippen LogP contribution >= 0.6 is 0 Å². The van der Waals surface area contributed by atoms with Gasteiger partial charge in [-0.1, -0.05) is 13.8 Å². The van der Waals surface area contributed by atoms with Gasteiger partial charge in [0, 0.05) is 19.6 Å². The molecule has 0 radical (unpaired) electrons. The third-order valence-corrected chi connectivity index (χ3v) is 2.73. The number of methoxy groups -OCH3 is 1. The third-order valence-electron chi connectivity index (χ3n) is 2.73. The smallest absolute Gasteiger partial charge is 0.0519 e. The summed E-state index contributed by atoms with van der Waals surface area (Å²) < 4.78 is 10.6. The first-order chi connectivity index (χ1) is 5.25. The van der Waals surface area contributed by atoms with Crippen molar-refractivity contribution in [3.63, 3.8) is 0 Å². The zero-order valence-corrected chi connectivity index (χ0v) is 7.67. The summed E-state index contributed by atoms with van der Waals surface area (Å²) in [5, 5.41) is 0. The average molecular weight is 158 g/mol. The Morgan fingerprint density at radius 2 is 2.09 bits per heavy atom. The average Bonchev–Trinajstić information content (AvgIpc) is 1.99. The minimum absolute atomic E-state index is 0.601. The van der Waals surface area contributed by atoms with Crippen LogP contribution in [0.3, 0.4) is 0 Å². The van der Waals surface area contributed by atoms with Gasteiger partial charge in [-0.05, 0) is 11.8 Å². The standard InChI is InChI=1S/C9H18O2/c1-7-4-11-6-9(5-10-3)8(7)2/h7-9H,4-6H2,1-3H3/t7-,8-,9-/m0/s1. The summed E-state index contributed by atoms with van der Waals surface area (Å²) in [7, 11) is 1.76. The van der Waals surface area contributed by atoms with E-state index in [0.717, 1.165) is 25.7 Å². The lowest BCUT2D eigenvalue weighted by Crippen LogP contribution is -2.34. The second kappa shape index (κ2) is 4.07. The van der Waals surface area contributed by atoms with Gasteiger partial charge in [-0.15, -0.1) is 0 Å². The van der Waals surface area contributed by atoms with E-state index in [1.807, 2.05) is 0 Å². The van der Waals surface area contributed by atoms with Crippen molar-refractivity contribution in [2.45, 2.75) is 13.8 Å². The molecule has 0 aliphatic carbocycles. The fourth-order valence-corrected chi connectivity index (χ4v) is 1.59. The molecule has 0 bridgehead atoms. The van der Waals surface area contributed by atoms with Crippen LogP contribution in [0, 0.1) is 17.8 Å². The van der Waals surface area contributed by atoms with E-state index in [0.29, 0.717) is 11.8 Å². The van der Waals surface area contributed by atoms with Crippen LogP contribution in [0.5, 0.6) is 0 Å². The van der Waals surface area contributed by atoms with Crippen LogP contribution in [0.2, 0.25) is 0 Å². The summed E-state index contributed by atoms with van der Waals surface area (Å²) in [4.78, 5) is 0. The van der Waals surface area contributed by atoms with Gasteiger partial charge in [0.15, 0.2) is 0 Å². The Labute approximate surface area is 68.9 Å². The van der Waals surface area contributed by atoms with Gasteiger partial charge in [-0.2, -0.15) is 0 Å². The zero-order chi connectivity index (χ0) is 8.27. The molecule has 3 atom stereocenters. The quantitative estimate of drug-likeness (QED) is 0.607. The van der Waals surface area contributed by atoms with Gasteiger partial charge in [-0.3, -0.25) is 0 Å². The molecule has 11 heavy (non-hydrogen) atoms. The summed E-state index contributed by atoms with van der Waals surface area (Å²) in [5.74, 6) is 2.02. The van der Waals surface area contributed by atoms with E-state index in [-0.39, 0.29) is 0 Å². The van der Waals surface area contributed by atoms with E-state index < -0.39 is 0 Å². The predicted octanol–water partition coefficient (Wildman–Crippen LogP) is 1.55. The number of ether oxygens (including phenoxy) is 2. The van der Waals surface area contributed by atoms with E-state index in [4.69, 9.17) is 9.47 Å². The van der Waals surface area contributed by atoms with Crippen LogP contribution in [0.4, 0.5) is 0 Å². The fraction of sp³-hybridized carbons (Fsp3) is 1.00. The first kappa shape index (κ1) is 9.01. The van der Waals surface area contributed by atoms with Gasteiger partial charge in [0.25, 0.3) is 0 Å².